The summed E-state index contributed by atoms with van der Waals surface area (Å²) in [5, 5.41) is 5.62. The van der Waals surface area contributed by atoms with Crippen LogP contribution in [0.1, 0.15) is 15.9 Å². The Hall–Kier alpha value is -1.56. The lowest BCUT2D eigenvalue weighted by molar-refractivity contribution is -0.115. The second-order valence-electron chi connectivity index (χ2n) is 4.00. The first-order chi connectivity index (χ1) is 9.47. The molecule has 104 valence electrons. The molecule has 2 amide bonds. The molecule has 2 aromatic rings. The highest BCUT2D eigenvalue weighted by Crippen LogP contribution is 2.24. The number of anilines is 1. The molecule has 0 aliphatic rings. The molecule has 0 saturated carbocycles. The Morgan fingerprint density at radius 3 is 2.60 bits per heavy atom. The van der Waals surface area contributed by atoms with Gasteiger partial charge in [-0.1, -0.05) is 29.3 Å². The van der Waals surface area contributed by atoms with Crippen molar-refractivity contribution in [1.82, 2.24) is 0 Å². The van der Waals surface area contributed by atoms with Gasteiger partial charge in [0.05, 0.1) is 22.0 Å². The standard InChI is InChI=1S/C13H10Cl2N2O2S/c14-9-2-1-7(5-10(9)15)6-11(18)17-13-8(12(16)19)3-4-20-13/h1-5H,6H2,(H2,16,19)(H,17,18). The maximum Gasteiger partial charge on any atom is 0.251 e. The third kappa shape index (κ3) is 3.50. The van der Waals surface area contributed by atoms with Crippen LogP contribution in [0.15, 0.2) is 29.6 Å². The van der Waals surface area contributed by atoms with Crippen molar-refractivity contribution in [2.24, 2.45) is 5.73 Å². The molecule has 1 aromatic carbocycles. The lowest BCUT2D eigenvalue weighted by atomic mass is 10.1. The van der Waals surface area contributed by atoms with Crippen molar-refractivity contribution >= 4 is 51.4 Å². The van der Waals surface area contributed by atoms with Gasteiger partial charge in [0.1, 0.15) is 5.00 Å². The van der Waals surface area contributed by atoms with Crippen LogP contribution in [0.4, 0.5) is 5.00 Å². The molecule has 0 aliphatic heterocycles. The van der Waals surface area contributed by atoms with Gasteiger partial charge in [0.15, 0.2) is 0 Å². The fourth-order valence-corrected chi connectivity index (χ4v) is 2.74. The van der Waals surface area contributed by atoms with Crippen molar-refractivity contribution in [2.45, 2.75) is 6.42 Å². The Morgan fingerprint density at radius 1 is 1.20 bits per heavy atom. The summed E-state index contributed by atoms with van der Waals surface area (Å²) in [6.07, 6.45) is 0.132. The molecule has 0 bridgehead atoms. The number of nitrogens with one attached hydrogen (secondary N) is 1. The average molecular weight is 329 g/mol. The first-order valence-electron chi connectivity index (χ1n) is 5.58. The number of primary amides is 1. The molecule has 2 rings (SSSR count). The molecular weight excluding hydrogens is 319 g/mol. The van der Waals surface area contributed by atoms with E-state index in [1.54, 1.807) is 29.6 Å². The quantitative estimate of drug-likeness (QED) is 0.903. The van der Waals surface area contributed by atoms with E-state index in [-0.39, 0.29) is 12.3 Å². The van der Waals surface area contributed by atoms with E-state index in [0.29, 0.717) is 20.6 Å². The zero-order chi connectivity index (χ0) is 14.7. The van der Waals surface area contributed by atoms with Crippen LogP contribution in [-0.2, 0) is 11.2 Å². The molecule has 1 heterocycles. The highest BCUT2D eigenvalue weighted by atomic mass is 35.5. The van der Waals surface area contributed by atoms with Gasteiger partial charge in [-0.05, 0) is 29.1 Å². The third-order valence-electron chi connectivity index (χ3n) is 2.53. The van der Waals surface area contributed by atoms with Gasteiger partial charge in [0.2, 0.25) is 5.91 Å². The number of halogens is 2. The zero-order valence-corrected chi connectivity index (χ0v) is 12.5. The first-order valence-corrected chi connectivity index (χ1v) is 7.22. The van der Waals surface area contributed by atoms with Crippen LogP contribution in [0.3, 0.4) is 0 Å². The SMILES string of the molecule is NC(=O)c1ccsc1NC(=O)Cc1ccc(Cl)c(Cl)c1. The van der Waals surface area contributed by atoms with E-state index < -0.39 is 5.91 Å². The van der Waals surface area contributed by atoms with Gasteiger partial charge in [-0.3, -0.25) is 9.59 Å². The van der Waals surface area contributed by atoms with E-state index in [2.05, 4.69) is 5.32 Å². The van der Waals surface area contributed by atoms with Crippen LogP contribution < -0.4 is 11.1 Å². The fourth-order valence-electron chi connectivity index (χ4n) is 1.61. The molecule has 4 nitrogen and oxygen atoms in total. The van der Waals surface area contributed by atoms with E-state index in [4.69, 9.17) is 28.9 Å². The Labute approximate surface area is 129 Å². The molecule has 7 heteroatoms. The van der Waals surface area contributed by atoms with E-state index >= 15 is 0 Å². The van der Waals surface area contributed by atoms with Crippen molar-refractivity contribution in [3.8, 4) is 0 Å². The van der Waals surface area contributed by atoms with E-state index in [0.717, 1.165) is 5.56 Å². The summed E-state index contributed by atoms with van der Waals surface area (Å²) < 4.78 is 0. The maximum absolute atomic E-state index is 11.9. The molecule has 0 unspecified atom stereocenters. The summed E-state index contributed by atoms with van der Waals surface area (Å²) in [6, 6.07) is 6.55. The van der Waals surface area contributed by atoms with Crippen LogP contribution in [0, 0.1) is 0 Å². The van der Waals surface area contributed by atoms with Crippen LogP contribution in [0.5, 0.6) is 0 Å². The summed E-state index contributed by atoms with van der Waals surface area (Å²) in [4.78, 5) is 23.1. The number of hydrogen-bond acceptors (Lipinski definition) is 3. The van der Waals surface area contributed by atoms with Crippen LogP contribution in [-0.4, -0.2) is 11.8 Å². The van der Waals surface area contributed by atoms with Crippen molar-refractivity contribution < 1.29 is 9.59 Å². The predicted octanol–water partition coefficient (Wildman–Crippen LogP) is 3.34. The van der Waals surface area contributed by atoms with Gasteiger partial charge in [0, 0.05) is 0 Å². The maximum atomic E-state index is 11.9. The molecule has 0 aliphatic carbocycles. The molecule has 0 radical (unpaired) electrons. The van der Waals surface area contributed by atoms with Gasteiger partial charge in [-0.25, -0.2) is 0 Å². The van der Waals surface area contributed by atoms with Crippen molar-refractivity contribution in [1.29, 1.82) is 0 Å². The molecule has 1 aromatic heterocycles. The summed E-state index contributed by atoms with van der Waals surface area (Å²) >= 11 is 12.9. The second-order valence-corrected chi connectivity index (χ2v) is 5.73. The summed E-state index contributed by atoms with van der Waals surface area (Å²) in [6.45, 7) is 0. The largest absolute Gasteiger partial charge is 0.366 e. The first kappa shape index (κ1) is 14.8. The summed E-state index contributed by atoms with van der Waals surface area (Å²) in [5.41, 5.74) is 6.24. The van der Waals surface area contributed by atoms with Gasteiger partial charge in [0.25, 0.3) is 5.91 Å². The summed E-state index contributed by atoms with van der Waals surface area (Å²) in [7, 11) is 0. The third-order valence-corrected chi connectivity index (χ3v) is 4.10. The predicted molar refractivity (Wildman–Crippen MR) is 81.6 cm³/mol. The summed E-state index contributed by atoms with van der Waals surface area (Å²) in [5.74, 6) is -0.829. The molecule has 3 N–H and O–H groups in total. The number of nitrogens with two attached hydrogens (primary N) is 1. The smallest absolute Gasteiger partial charge is 0.251 e. The van der Waals surface area contributed by atoms with Crippen molar-refractivity contribution in [3.05, 3.63) is 50.8 Å². The highest BCUT2D eigenvalue weighted by molar-refractivity contribution is 7.14. The van der Waals surface area contributed by atoms with Gasteiger partial charge in [-0.2, -0.15) is 0 Å². The fraction of sp³-hybridized carbons (Fsp3) is 0.0769. The Bertz CT molecular complexity index is 670. The molecule has 20 heavy (non-hydrogen) atoms. The minimum absolute atomic E-state index is 0.132. The van der Waals surface area contributed by atoms with Crippen molar-refractivity contribution in [3.63, 3.8) is 0 Å². The Balaban J connectivity index is 2.07. The van der Waals surface area contributed by atoms with E-state index in [9.17, 15) is 9.59 Å². The van der Waals surface area contributed by atoms with Crippen molar-refractivity contribution in [2.75, 3.05) is 5.32 Å². The van der Waals surface area contributed by atoms with Gasteiger partial charge in [-0.15, -0.1) is 11.3 Å². The minimum Gasteiger partial charge on any atom is -0.366 e. The van der Waals surface area contributed by atoms with Gasteiger partial charge < -0.3 is 11.1 Å². The average Bonchev–Trinajstić information content (AvgIpc) is 2.82. The van der Waals surface area contributed by atoms with Gasteiger partial charge >= 0.3 is 0 Å². The molecule has 0 atom stereocenters. The molecule has 0 saturated heterocycles. The normalized spacial score (nSPS) is 10.3. The second kappa shape index (κ2) is 6.26. The van der Waals surface area contributed by atoms with Crippen LogP contribution >= 0.6 is 34.5 Å². The minimum atomic E-state index is -0.573. The number of carbonyl (C=O) groups excluding carboxylic acids is 2. The van der Waals surface area contributed by atoms with E-state index in [1.165, 1.54) is 11.3 Å². The van der Waals surface area contributed by atoms with Crippen LogP contribution in [0.2, 0.25) is 10.0 Å². The number of carbonyl (C=O) groups is 2. The number of rotatable bonds is 4. The Kier molecular flexibility index (Phi) is 4.65. The monoisotopic (exact) mass is 328 g/mol. The Morgan fingerprint density at radius 2 is 1.95 bits per heavy atom. The van der Waals surface area contributed by atoms with Crippen LogP contribution in [0.25, 0.3) is 0 Å². The molecular formula is C13H10Cl2N2O2S. The number of amides is 2. The number of benzene rings is 1. The number of hydrogen-bond donors (Lipinski definition) is 2. The zero-order valence-electron chi connectivity index (χ0n) is 10.2. The molecule has 0 spiro atoms. The number of thiophene rings is 1. The highest BCUT2D eigenvalue weighted by Gasteiger charge is 2.13. The lowest BCUT2D eigenvalue weighted by Gasteiger charge is -2.05. The topological polar surface area (TPSA) is 72.2 Å². The molecule has 0 fully saturated rings. The lowest BCUT2D eigenvalue weighted by Crippen LogP contribution is -2.17. The van der Waals surface area contributed by atoms with E-state index in [1.807, 2.05) is 0 Å².